The molecule has 1 fully saturated rings. The molecule has 1 heterocycles. The van der Waals surface area contributed by atoms with Crippen molar-refractivity contribution in [2.24, 2.45) is 0 Å². The second kappa shape index (κ2) is 7.70. The summed E-state index contributed by atoms with van der Waals surface area (Å²) in [5, 5.41) is 13.2. The predicted octanol–water partition coefficient (Wildman–Crippen LogP) is -1.47. The predicted molar refractivity (Wildman–Crippen MR) is 67.7 cm³/mol. The molecule has 0 spiro atoms. The minimum absolute atomic E-state index is 0.0605. The summed E-state index contributed by atoms with van der Waals surface area (Å²) in [5.74, 6) is -1.13. The second-order valence-corrected chi connectivity index (χ2v) is 4.39. The molecule has 0 aromatic heterocycles. The van der Waals surface area contributed by atoms with Gasteiger partial charge in [-0.25, -0.2) is 4.79 Å². The van der Waals surface area contributed by atoms with Gasteiger partial charge in [0.2, 0.25) is 5.91 Å². The van der Waals surface area contributed by atoms with Gasteiger partial charge in [0, 0.05) is 46.2 Å². The fourth-order valence-electron chi connectivity index (χ4n) is 1.87. The van der Waals surface area contributed by atoms with Gasteiger partial charge < -0.3 is 15.3 Å². The number of nitrogens with one attached hydrogen (secondary N) is 2. The van der Waals surface area contributed by atoms with Crippen molar-refractivity contribution in [2.45, 2.75) is 6.42 Å². The van der Waals surface area contributed by atoms with E-state index in [2.05, 4.69) is 15.5 Å². The van der Waals surface area contributed by atoms with Crippen LogP contribution in [0.4, 0.5) is 4.79 Å². The van der Waals surface area contributed by atoms with Gasteiger partial charge in [-0.3, -0.25) is 19.8 Å². The van der Waals surface area contributed by atoms with Crippen molar-refractivity contribution < 1.29 is 19.5 Å². The summed E-state index contributed by atoms with van der Waals surface area (Å²) in [6.45, 7) is 3.47. The number of carboxylic acids is 1. The molecular weight excluding hydrogens is 252 g/mol. The highest BCUT2D eigenvalue weighted by Crippen LogP contribution is 2.02. The van der Waals surface area contributed by atoms with Gasteiger partial charge in [0.05, 0.1) is 6.54 Å². The summed E-state index contributed by atoms with van der Waals surface area (Å²) in [5.41, 5.74) is 0. The third kappa shape index (κ3) is 6.16. The van der Waals surface area contributed by atoms with Crippen LogP contribution in [0.25, 0.3) is 0 Å². The lowest BCUT2D eigenvalue weighted by atomic mass is 10.3. The zero-order valence-electron chi connectivity index (χ0n) is 11.0. The molecule has 8 nitrogen and oxygen atoms in total. The van der Waals surface area contributed by atoms with Gasteiger partial charge in [-0.15, -0.1) is 0 Å². The van der Waals surface area contributed by atoms with Crippen LogP contribution in [0, 0.1) is 0 Å². The number of carbonyl (C=O) groups excluding carboxylic acids is 2. The number of nitrogens with zero attached hydrogens (tertiary/aromatic N) is 2. The van der Waals surface area contributed by atoms with Crippen LogP contribution in [0.2, 0.25) is 0 Å². The maximum atomic E-state index is 11.4. The molecule has 108 valence electrons. The first kappa shape index (κ1) is 15.4. The van der Waals surface area contributed by atoms with Crippen molar-refractivity contribution in [3.63, 3.8) is 0 Å². The average molecular weight is 272 g/mol. The fraction of sp³-hybridized carbons (Fsp3) is 0.727. The van der Waals surface area contributed by atoms with Gasteiger partial charge in [0.15, 0.2) is 0 Å². The summed E-state index contributed by atoms with van der Waals surface area (Å²) in [4.78, 5) is 36.8. The van der Waals surface area contributed by atoms with Crippen molar-refractivity contribution >= 4 is 17.9 Å². The summed E-state index contributed by atoms with van der Waals surface area (Å²) in [6, 6.07) is -0.503. The van der Waals surface area contributed by atoms with Crippen LogP contribution >= 0.6 is 0 Å². The number of hydrogen-bond acceptors (Lipinski definition) is 5. The first-order valence-electron chi connectivity index (χ1n) is 6.19. The first-order chi connectivity index (χ1) is 9.01. The number of carboxylic acid groups (broad SMARTS) is 1. The first-order valence-corrected chi connectivity index (χ1v) is 6.19. The number of urea groups is 1. The van der Waals surface area contributed by atoms with Crippen LogP contribution in [0.15, 0.2) is 0 Å². The summed E-state index contributed by atoms with van der Waals surface area (Å²) >= 11 is 0. The highest BCUT2D eigenvalue weighted by molar-refractivity contribution is 5.94. The average Bonchev–Trinajstić information content (AvgIpc) is 2.37. The normalized spacial score (nSPS) is 16.9. The molecule has 0 unspecified atom stereocenters. The molecular formula is C11H20N4O4. The van der Waals surface area contributed by atoms with Crippen LogP contribution in [0.5, 0.6) is 0 Å². The Bertz CT molecular complexity index is 340. The number of amides is 3. The molecule has 8 heteroatoms. The van der Waals surface area contributed by atoms with Crippen LogP contribution in [0.3, 0.4) is 0 Å². The van der Waals surface area contributed by atoms with E-state index in [-0.39, 0.29) is 18.9 Å². The molecule has 0 aromatic carbocycles. The molecule has 1 aliphatic rings. The minimum atomic E-state index is -0.821. The van der Waals surface area contributed by atoms with Gasteiger partial charge in [0.25, 0.3) is 0 Å². The Kier molecular flexibility index (Phi) is 6.23. The van der Waals surface area contributed by atoms with E-state index in [1.54, 1.807) is 0 Å². The van der Waals surface area contributed by atoms with E-state index in [9.17, 15) is 14.4 Å². The smallest absolute Gasteiger partial charge is 0.321 e. The lowest BCUT2D eigenvalue weighted by molar-refractivity contribution is -0.138. The van der Waals surface area contributed by atoms with Crippen molar-refractivity contribution in [3.8, 4) is 0 Å². The van der Waals surface area contributed by atoms with Crippen LogP contribution in [0.1, 0.15) is 6.42 Å². The Morgan fingerprint density at radius 2 is 1.68 bits per heavy atom. The summed E-state index contributed by atoms with van der Waals surface area (Å²) in [6.07, 6.45) is 0.256. The Hall–Kier alpha value is -1.67. The third-order valence-electron chi connectivity index (χ3n) is 2.96. The topological polar surface area (TPSA) is 102 Å². The van der Waals surface area contributed by atoms with E-state index in [1.165, 1.54) is 7.05 Å². The van der Waals surface area contributed by atoms with Gasteiger partial charge in [-0.2, -0.15) is 0 Å². The standard InChI is InChI=1S/C11H20N4O4/c1-12-11(19)13-9(16)2-3-14-4-6-15(7-5-14)8-10(17)18/h2-8H2,1H3,(H,17,18)(H2,12,13,16,19). The lowest BCUT2D eigenvalue weighted by Gasteiger charge is -2.33. The Labute approximate surface area is 111 Å². The van der Waals surface area contributed by atoms with E-state index < -0.39 is 12.0 Å². The molecule has 1 aliphatic heterocycles. The molecule has 0 radical (unpaired) electrons. The molecule has 3 amide bonds. The molecule has 0 bridgehead atoms. The van der Waals surface area contributed by atoms with E-state index in [4.69, 9.17) is 5.11 Å². The van der Waals surface area contributed by atoms with Gasteiger partial charge in [-0.1, -0.05) is 0 Å². The number of carbonyl (C=O) groups is 3. The highest BCUT2D eigenvalue weighted by atomic mass is 16.4. The Balaban J connectivity index is 2.17. The maximum absolute atomic E-state index is 11.4. The van der Waals surface area contributed by atoms with Crippen molar-refractivity contribution in [3.05, 3.63) is 0 Å². The molecule has 0 aliphatic carbocycles. The number of hydrogen-bond donors (Lipinski definition) is 3. The number of imide groups is 1. The number of rotatable bonds is 5. The monoisotopic (exact) mass is 272 g/mol. The quantitative estimate of drug-likeness (QED) is 0.565. The molecule has 0 saturated carbocycles. The third-order valence-corrected chi connectivity index (χ3v) is 2.96. The fourth-order valence-corrected chi connectivity index (χ4v) is 1.87. The van der Waals surface area contributed by atoms with Crippen LogP contribution in [-0.2, 0) is 9.59 Å². The lowest BCUT2D eigenvalue weighted by Crippen LogP contribution is -2.48. The highest BCUT2D eigenvalue weighted by Gasteiger charge is 2.19. The van der Waals surface area contributed by atoms with E-state index in [1.807, 2.05) is 4.90 Å². The van der Waals surface area contributed by atoms with Gasteiger partial charge in [-0.05, 0) is 0 Å². The van der Waals surface area contributed by atoms with E-state index >= 15 is 0 Å². The molecule has 3 N–H and O–H groups in total. The van der Waals surface area contributed by atoms with Gasteiger partial charge in [0.1, 0.15) is 0 Å². The van der Waals surface area contributed by atoms with E-state index in [0.717, 1.165) is 13.1 Å². The largest absolute Gasteiger partial charge is 0.480 e. The van der Waals surface area contributed by atoms with Crippen molar-refractivity contribution in [1.29, 1.82) is 0 Å². The molecule has 0 atom stereocenters. The zero-order valence-corrected chi connectivity index (χ0v) is 11.0. The number of aliphatic carboxylic acids is 1. The van der Waals surface area contributed by atoms with Crippen LogP contribution in [-0.4, -0.2) is 79.1 Å². The zero-order chi connectivity index (χ0) is 14.3. The summed E-state index contributed by atoms with van der Waals surface area (Å²) < 4.78 is 0. The summed E-state index contributed by atoms with van der Waals surface area (Å²) in [7, 11) is 1.45. The minimum Gasteiger partial charge on any atom is -0.480 e. The molecule has 1 rings (SSSR count). The molecule has 19 heavy (non-hydrogen) atoms. The second-order valence-electron chi connectivity index (χ2n) is 4.39. The van der Waals surface area contributed by atoms with Crippen LogP contribution < -0.4 is 10.6 Å². The van der Waals surface area contributed by atoms with E-state index in [0.29, 0.717) is 19.6 Å². The number of piperazine rings is 1. The van der Waals surface area contributed by atoms with Crippen molar-refractivity contribution in [1.82, 2.24) is 20.4 Å². The van der Waals surface area contributed by atoms with Gasteiger partial charge >= 0.3 is 12.0 Å². The Morgan fingerprint density at radius 3 is 2.21 bits per heavy atom. The maximum Gasteiger partial charge on any atom is 0.321 e. The Morgan fingerprint density at radius 1 is 1.11 bits per heavy atom. The SMILES string of the molecule is CNC(=O)NC(=O)CCN1CCN(CC(=O)O)CC1. The molecule has 1 saturated heterocycles. The molecule has 0 aromatic rings. The van der Waals surface area contributed by atoms with Crippen molar-refractivity contribution in [2.75, 3.05) is 46.3 Å².